The third kappa shape index (κ3) is 5.11. The average molecular weight is 499 g/mol. The molecule has 8 nitrogen and oxygen atoms in total. The molecule has 188 valence electrons. The Morgan fingerprint density at radius 2 is 1.97 bits per heavy atom. The van der Waals surface area contributed by atoms with Crippen molar-refractivity contribution in [2.75, 3.05) is 6.54 Å². The number of aryl methyl sites for hydroxylation is 1. The Labute approximate surface area is 210 Å². The van der Waals surface area contributed by atoms with E-state index in [9.17, 15) is 14.7 Å². The first kappa shape index (κ1) is 25.3. The van der Waals surface area contributed by atoms with Gasteiger partial charge in [0.05, 0.1) is 33.9 Å². The molecular formula is C26H34N4O4S. The average Bonchev–Trinajstić information content (AvgIpc) is 3.49. The largest absolute Gasteiger partial charge is 0.391 e. The molecular weight excluding hydrogens is 464 g/mol. The third-order valence-electron chi connectivity index (χ3n) is 6.79. The number of oxime groups is 1. The van der Waals surface area contributed by atoms with Gasteiger partial charge < -0.3 is 20.2 Å². The number of benzene rings is 1. The highest BCUT2D eigenvalue weighted by molar-refractivity contribution is 7.13. The van der Waals surface area contributed by atoms with Crippen LogP contribution in [-0.2, 0) is 20.0 Å². The zero-order chi connectivity index (χ0) is 25.5. The molecule has 1 fully saturated rings. The summed E-state index contributed by atoms with van der Waals surface area (Å²) in [6.45, 7) is 11.3. The standard InChI is InChI=1S/C26H34N4O4S/c1-15-22(35-14-27-15)17-7-9-18(10-8-17)26(6)12-20(29-34-26)21-11-19(32)13-30(21)24(33)23(25(3,4)5)28-16(2)31/h7-10,14,19,21,23,32H,11-13H2,1-6H3,(H,28,31)/t19-,21+,23-,26?/m1/s1. The zero-order valence-electron chi connectivity index (χ0n) is 21.2. The van der Waals surface area contributed by atoms with E-state index in [1.807, 2.05) is 52.3 Å². The number of aliphatic hydroxyl groups is 1. The van der Waals surface area contributed by atoms with Crippen molar-refractivity contribution < 1.29 is 19.5 Å². The fourth-order valence-corrected chi connectivity index (χ4v) is 5.66. The minimum Gasteiger partial charge on any atom is -0.391 e. The number of hydrogen-bond donors (Lipinski definition) is 2. The van der Waals surface area contributed by atoms with E-state index in [1.165, 1.54) is 6.92 Å². The summed E-state index contributed by atoms with van der Waals surface area (Å²) < 4.78 is 0. The minimum atomic E-state index is -0.704. The number of carbonyl (C=O) groups excluding carboxylic acids is 2. The summed E-state index contributed by atoms with van der Waals surface area (Å²) in [4.78, 5) is 38.4. The lowest BCUT2D eigenvalue weighted by molar-refractivity contribution is -0.139. The quantitative estimate of drug-likeness (QED) is 0.655. The summed E-state index contributed by atoms with van der Waals surface area (Å²) in [6.07, 6.45) is 0.246. The van der Waals surface area contributed by atoms with Crippen molar-refractivity contribution in [1.82, 2.24) is 15.2 Å². The van der Waals surface area contributed by atoms with Crippen molar-refractivity contribution >= 4 is 28.9 Å². The molecule has 2 aromatic rings. The molecule has 4 rings (SSSR count). The van der Waals surface area contributed by atoms with Gasteiger partial charge in [-0.05, 0) is 30.4 Å². The van der Waals surface area contributed by atoms with Gasteiger partial charge >= 0.3 is 0 Å². The molecule has 1 aromatic heterocycles. The number of β-amino-alcohol motifs (C(OH)–C–C–N with tert-alkyl or cyclic N) is 1. The van der Waals surface area contributed by atoms with Gasteiger partial charge in [-0.1, -0.05) is 50.2 Å². The Morgan fingerprint density at radius 3 is 2.54 bits per heavy atom. The van der Waals surface area contributed by atoms with Gasteiger partial charge in [0.15, 0.2) is 5.60 Å². The van der Waals surface area contributed by atoms with Crippen molar-refractivity contribution in [1.29, 1.82) is 0 Å². The highest BCUT2D eigenvalue weighted by atomic mass is 32.1. The zero-order valence-corrected chi connectivity index (χ0v) is 22.0. The monoisotopic (exact) mass is 498 g/mol. The van der Waals surface area contributed by atoms with Crippen LogP contribution in [0.1, 0.15) is 58.7 Å². The second-order valence-electron chi connectivity index (χ2n) is 10.8. The Hall–Kier alpha value is -2.78. The summed E-state index contributed by atoms with van der Waals surface area (Å²) >= 11 is 1.62. The van der Waals surface area contributed by atoms with Gasteiger partial charge in [0.2, 0.25) is 11.8 Å². The second-order valence-corrected chi connectivity index (χ2v) is 11.7. The van der Waals surface area contributed by atoms with Gasteiger partial charge in [0, 0.05) is 26.3 Å². The van der Waals surface area contributed by atoms with Crippen LogP contribution in [0.25, 0.3) is 10.4 Å². The van der Waals surface area contributed by atoms with E-state index in [0.29, 0.717) is 12.8 Å². The first-order valence-corrected chi connectivity index (χ1v) is 12.8. The van der Waals surface area contributed by atoms with E-state index in [2.05, 4.69) is 27.6 Å². The number of aromatic nitrogens is 1. The fourth-order valence-electron chi connectivity index (χ4n) is 4.85. The van der Waals surface area contributed by atoms with Gasteiger partial charge in [-0.25, -0.2) is 4.98 Å². The maximum atomic E-state index is 13.5. The molecule has 2 aliphatic rings. The number of aliphatic hydroxyl groups excluding tert-OH is 1. The first-order valence-electron chi connectivity index (χ1n) is 11.9. The number of hydrogen-bond acceptors (Lipinski definition) is 7. The van der Waals surface area contributed by atoms with Crippen molar-refractivity contribution in [3.05, 3.63) is 41.0 Å². The molecule has 2 amide bonds. The summed E-state index contributed by atoms with van der Waals surface area (Å²) in [7, 11) is 0. The maximum Gasteiger partial charge on any atom is 0.246 e. The van der Waals surface area contributed by atoms with Crippen LogP contribution in [-0.4, -0.2) is 57.2 Å². The van der Waals surface area contributed by atoms with Gasteiger partial charge in [-0.3, -0.25) is 9.59 Å². The highest BCUT2D eigenvalue weighted by Gasteiger charge is 2.47. The summed E-state index contributed by atoms with van der Waals surface area (Å²) in [6, 6.07) is 7.15. The number of rotatable bonds is 5. The molecule has 3 heterocycles. The molecule has 0 radical (unpaired) electrons. The summed E-state index contributed by atoms with van der Waals surface area (Å²) in [5, 5.41) is 17.7. The van der Waals surface area contributed by atoms with Gasteiger partial charge in [-0.15, -0.1) is 11.3 Å². The van der Waals surface area contributed by atoms with Crippen LogP contribution < -0.4 is 5.32 Å². The highest BCUT2D eigenvalue weighted by Crippen LogP contribution is 2.39. The van der Waals surface area contributed by atoms with Gasteiger partial charge in [0.1, 0.15) is 6.04 Å². The van der Waals surface area contributed by atoms with Crippen LogP contribution in [0.3, 0.4) is 0 Å². The normalized spacial score (nSPS) is 25.2. The lowest BCUT2D eigenvalue weighted by atomic mass is 9.85. The molecule has 35 heavy (non-hydrogen) atoms. The van der Waals surface area contributed by atoms with E-state index in [-0.39, 0.29) is 24.4 Å². The number of amides is 2. The molecule has 1 aromatic carbocycles. The molecule has 2 aliphatic heterocycles. The predicted octanol–water partition coefficient (Wildman–Crippen LogP) is 3.62. The topological polar surface area (TPSA) is 104 Å². The number of likely N-dealkylation sites (tertiary alicyclic amines) is 1. The molecule has 0 spiro atoms. The van der Waals surface area contributed by atoms with Crippen molar-refractivity contribution in [2.45, 2.75) is 78.2 Å². The summed E-state index contributed by atoms with van der Waals surface area (Å²) in [5.74, 6) is -0.476. The second kappa shape index (κ2) is 9.35. The Morgan fingerprint density at radius 1 is 1.29 bits per heavy atom. The van der Waals surface area contributed by atoms with Gasteiger partial charge in [0.25, 0.3) is 0 Å². The third-order valence-corrected chi connectivity index (χ3v) is 7.77. The van der Waals surface area contributed by atoms with Crippen LogP contribution >= 0.6 is 11.3 Å². The van der Waals surface area contributed by atoms with Crippen molar-refractivity contribution in [3.8, 4) is 10.4 Å². The Balaban J connectivity index is 1.52. The van der Waals surface area contributed by atoms with Crippen LogP contribution in [0.5, 0.6) is 0 Å². The SMILES string of the molecule is CC(=O)N[C@H](C(=O)N1C[C@H](O)C[C@H]1C1=NOC(C)(c2ccc(-c3scnc3C)cc2)C1)C(C)(C)C. The number of thiazole rings is 1. The molecule has 0 saturated carbocycles. The van der Waals surface area contributed by atoms with E-state index in [1.54, 1.807) is 16.2 Å². The summed E-state index contributed by atoms with van der Waals surface area (Å²) in [5.41, 5.74) is 4.54. The maximum absolute atomic E-state index is 13.5. The minimum absolute atomic E-state index is 0.203. The van der Waals surface area contributed by atoms with Crippen LogP contribution in [0.15, 0.2) is 34.9 Å². The number of nitrogens with zero attached hydrogens (tertiary/aromatic N) is 3. The Kier molecular flexibility index (Phi) is 6.76. The molecule has 4 atom stereocenters. The van der Waals surface area contributed by atoms with Gasteiger partial charge in [-0.2, -0.15) is 0 Å². The predicted molar refractivity (Wildman–Crippen MR) is 136 cm³/mol. The molecule has 1 saturated heterocycles. The number of nitrogens with one attached hydrogen (secondary N) is 1. The van der Waals surface area contributed by atoms with Crippen molar-refractivity contribution in [3.63, 3.8) is 0 Å². The van der Waals surface area contributed by atoms with E-state index < -0.39 is 23.2 Å². The molecule has 0 bridgehead atoms. The lowest BCUT2D eigenvalue weighted by Gasteiger charge is -2.35. The molecule has 0 aliphatic carbocycles. The lowest BCUT2D eigenvalue weighted by Crippen LogP contribution is -2.56. The van der Waals surface area contributed by atoms with E-state index in [0.717, 1.165) is 27.4 Å². The smallest absolute Gasteiger partial charge is 0.246 e. The number of carbonyl (C=O) groups is 2. The molecule has 2 N–H and O–H groups in total. The van der Waals surface area contributed by atoms with Crippen LogP contribution in [0.4, 0.5) is 0 Å². The van der Waals surface area contributed by atoms with E-state index >= 15 is 0 Å². The van der Waals surface area contributed by atoms with E-state index in [4.69, 9.17) is 4.84 Å². The van der Waals surface area contributed by atoms with Crippen LogP contribution in [0, 0.1) is 12.3 Å². The van der Waals surface area contributed by atoms with Crippen molar-refractivity contribution in [2.24, 2.45) is 10.6 Å². The molecule has 1 unspecified atom stereocenters. The first-order chi connectivity index (χ1) is 16.4. The van der Waals surface area contributed by atoms with Crippen LogP contribution in [0.2, 0.25) is 0 Å². The fraction of sp³-hybridized carbons (Fsp3) is 0.538. The molecule has 9 heteroatoms. The Bertz CT molecular complexity index is 1140.